The molecule has 0 radical (unpaired) electrons. The van der Waals surface area contributed by atoms with Crippen LogP contribution in [0, 0.1) is 17.5 Å². The third kappa shape index (κ3) is 2.22. The lowest BCUT2D eigenvalue weighted by molar-refractivity contribution is -0.107. The molecule has 0 aliphatic carbocycles. The Morgan fingerprint density at radius 1 is 1.14 bits per heavy atom. The van der Waals surface area contributed by atoms with Crippen LogP contribution in [0.15, 0.2) is 18.2 Å². The Hall–Kier alpha value is -1.58. The third-order valence-electron chi connectivity index (χ3n) is 1.59. The predicted octanol–water partition coefficient (Wildman–Crippen LogP) is 2.71. The van der Waals surface area contributed by atoms with Gasteiger partial charge in [-0.3, -0.25) is 0 Å². The maximum atomic E-state index is 12.9. The van der Waals surface area contributed by atoms with E-state index in [1.807, 2.05) is 0 Å². The molecule has 0 unspecified atom stereocenters. The molecule has 0 aliphatic rings. The number of benzene rings is 1. The Kier molecular flexibility index (Phi) is 3.45. The van der Waals surface area contributed by atoms with Crippen LogP contribution in [-0.2, 0) is 4.79 Å². The van der Waals surface area contributed by atoms with Gasteiger partial charge in [0.25, 0.3) is 0 Å². The lowest BCUT2D eigenvalue weighted by Gasteiger charge is -1.98. The lowest BCUT2D eigenvalue weighted by atomic mass is 10.2. The van der Waals surface area contributed by atoms with Gasteiger partial charge in [0.15, 0.2) is 17.5 Å². The molecule has 0 spiro atoms. The van der Waals surface area contributed by atoms with Crippen molar-refractivity contribution in [3.8, 4) is 0 Å². The molecule has 0 amide bonds. The number of carbonyl (C=O) groups excluding carboxylic acids is 1. The van der Waals surface area contributed by atoms with Crippen LogP contribution >= 0.6 is 0 Å². The highest BCUT2D eigenvalue weighted by molar-refractivity contribution is 5.58. The fourth-order valence-corrected chi connectivity index (χ4v) is 0.920. The minimum atomic E-state index is -1.50. The van der Waals surface area contributed by atoms with Gasteiger partial charge in [-0.25, -0.2) is 13.2 Å². The Bertz CT molecular complexity index is 372. The van der Waals surface area contributed by atoms with Gasteiger partial charge in [-0.1, -0.05) is 12.2 Å². The van der Waals surface area contributed by atoms with Crippen LogP contribution in [0.5, 0.6) is 0 Å². The van der Waals surface area contributed by atoms with Crippen molar-refractivity contribution in [1.82, 2.24) is 0 Å². The molecule has 4 heteroatoms. The van der Waals surface area contributed by atoms with E-state index >= 15 is 0 Å². The summed E-state index contributed by atoms with van der Waals surface area (Å²) in [6.07, 6.45) is 3.32. The van der Waals surface area contributed by atoms with E-state index in [1.54, 1.807) is 0 Å². The molecule has 0 aliphatic heterocycles. The first-order valence-corrected chi connectivity index (χ1v) is 3.90. The van der Waals surface area contributed by atoms with Crippen LogP contribution in [-0.4, -0.2) is 6.29 Å². The van der Waals surface area contributed by atoms with E-state index < -0.39 is 17.5 Å². The van der Waals surface area contributed by atoms with Gasteiger partial charge in [0.2, 0.25) is 0 Å². The molecule has 1 aromatic carbocycles. The van der Waals surface area contributed by atoms with E-state index in [9.17, 15) is 18.0 Å². The molecule has 0 fully saturated rings. The SMILES string of the molecule is O=CCC=Cc1ccc(F)c(F)c1F. The zero-order chi connectivity index (χ0) is 10.6. The molecule has 1 rings (SSSR count). The van der Waals surface area contributed by atoms with E-state index in [1.165, 1.54) is 12.2 Å². The van der Waals surface area contributed by atoms with Crippen molar-refractivity contribution in [3.05, 3.63) is 41.2 Å². The van der Waals surface area contributed by atoms with E-state index in [0.717, 1.165) is 12.1 Å². The Labute approximate surface area is 78.9 Å². The smallest absolute Gasteiger partial charge is 0.195 e. The molecule has 0 atom stereocenters. The van der Waals surface area contributed by atoms with Crippen molar-refractivity contribution in [1.29, 1.82) is 0 Å². The third-order valence-corrected chi connectivity index (χ3v) is 1.59. The van der Waals surface area contributed by atoms with E-state index in [0.29, 0.717) is 6.29 Å². The van der Waals surface area contributed by atoms with E-state index in [4.69, 9.17) is 0 Å². The summed E-state index contributed by atoms with van der Waals surface area (Å²) >= 11 is 0. The van der Waals surface area contributed by atoms with Gasteiger partial charge >= 0.3 is 0 Å². The van der Waals surface area contributed by atoms with Crippen LogP contribution in [0.4, 0.5) is 13.2 Å². The zero-order valence-electron chi connectivity index (χ0n) is 7.14. The fourth-order valence-electron chi connectivity index (χ4n) is 0.920. The summed E-state index contributed by atoms with van der Waals surface area (Å²) in [4.78, 5) is 9.92. The van der Waals surface area contributed by atoms with Gasteiger partial charge in [0, 0.05) is 12.0 Å². The normalized spacial score (nSPS) is 10.8. The summed E-state index contributed by atoms with van der Waals surface area (Å²) in [5, 5.41) is 0. The summed E-state index contributed by atoms with van der Waals surface area (Å²) in [5.74, 6) is -3.97. The van der Waals surface area contributed by atoms with Gasteiger partial charge in [-0.2, -0.15) is 0 Å². The van der Waals surface area contributed by atoms with E-state index in [-0.39, 0.29) is 12.0 Å². The molecule has 74 valence electrons. The van der Waals surface area contributed by atoms with Crippen LogP contribution < -0.4 is 0 Å². The highest BCUT2D eigenvalue weighted by Crippen LogP contribution is 2.16. The molecule has 1 aromatic rings. The zero-order valence-corrected chi connectivity index (χ0v) is 7.14. The van der Waals surface area contributed by atoms with Crippen LogP contribution in [0.2, 0.25) is 0 Å². The monoisotopic (exact) mass is 200 g/mol. The second-order valence-electron chi connectivity index (χ2n) is 2.57. The van der Waals surface area contributed by atoms with Crippen LogP contribution in [0.3, 0.4) is 0 Å². The first kappa shape index (κ1) is 10.5. The molecule has 0 N–H and O–H groups in total. The minimum absolute atomic E-state index is 0.0780. The summed E-state index contributed by atoms with van der Waals surface area (Å²) in [6.45, 7) is 0. The predicted molar refractivity (Wildman–Crippen MR) is 46.0 cm³/mol. The first-order valence-electron chi connectivity index (χ1n) is 3.90. The molecule has 0 saturated carbocycles. The number of aldehydes is 1. The molecular formula is C10H7F3O. The molecule has 14 heavy (non-hydrogen) atoms. The second-order valence-corrected chi connectivity index (χ2v) is 2.57. The van der Waals surface area contributed by atoms with Gasteiger partial charge in [0.05, 0.1) is 0 Å². The number of hydrogen-bond acceptors (Lipinski definition) is 1. The maximum Gasteiger partial charge on any atom is 0.195 e. The molecule has 0 aromatic heterocycles. The molecular weight excluding hydrogens is 193 g/mol. The standard InChI is InChI=1S/C10H7F3O/c11-8-5-4-7(3-1-2-6-14)9(12)10(8)13/h1,3-6H,2H2. The number of hydrogen-bond donors (Lipinski definition) is 0. The number of rotatable bonds is 3. The fraction of sp³-hybridized carbons (Fsp3) is 0.100. The average molecular weight is 200 g/mol. The van der Waals surface area contributed by atoms with Gasteiger partial charge in [-0.05, 0) is 12.1 Å². The van der Waals surface area contributed by atoms with Gasteiger partial charge in [0.1, 0.15) is 6.29 Å². The van der Waals surface area contributed by atoms with Gasteiger partial charge < -0.3 is 4.79 Å². The average Bonchev–Trinajstić information content (AvgIpc) is 2.18. The summed E-state index contributed by atoms with van der Waals surface area (Å²) in [5.41, 5.74) is -0.0780. The van der Waals surface area contributed by atoms with Crippen molar-refractivity contribution in [3.63, 3.8) is 0 Å². The maximum absolute atomic E-state index is 12.9. The Morgan fingerprint density at radius 3 is 2.50 bits per heavy atom. The molecule has 0 saturated heterocycles. The quantitative estimate of drug-likeness (QED) is 0.541. The summed E-state index contributed by atoms with van der Waals surface area (Å²) in [7, 11) is 0. The van der Waals surface area contributed by atoms with Crippen LogP contribution in [0.1, 0.15) is 12.0 Å². The van der Waals surface area contributed by atoms with Crippen molar-refractivity contribution in [2.75, 3.05) is 0 Å². The van der Waals surface area contributed by atoms with E-state index in [2.05, 4.69) is 0 Å². The molecule has 0 heterocycles. The lowest BCUT2D eigenvalue weighted by Crippen LogP contribution is -1.92. The highest BCUT2D eigenvalue weighted by atomic mass is 19.2. The Balaban J connectivity index is 2.99. The number of carbonyl (C=O) groups is 1. The van der Waals surface area contributed by atoms with Crippen molar-refractivity contribution >= 4 is 12.4 Å². The minimum Gasteiger partial charge on any atom is -0.303 e. The van der Waals surface area contributed by atoms with Crippen LogP contribution in [0.25, 0.3) is 6.08 Å². The van der Waals surface area contributed by atoms with Crippen molar-refractivity contribution in [2.24, 2.45) is 0 Å². The number of allylic oxidation sites excluding steroid dienone is 1. The van der Waals surface area contributed by atoms with Gasteiger partial charge in [-0.15, -0.1) is 0 Å². The first-order chi connectivity index (χ1) is 6.66. The second kappa shape index (κ2) is 4.60. The van der Waals surface area contributed by atoms with Crippen molar-refractivity contribution < 1.29 is 18.0 Å². The largest absolute Gasteiger partial charge is 0.303 e. The van der Waals surface area contributed by atoms with Crippen molar-refractivity contribution in [2.45, 2.75) is 6.42 Å². The molecule has 1 nitrogen and oxygen atoms in total. The summed E-state index contributed by atoms with van der Waals surface area (Å²) in [6, 6.07) is 1.94. The summed E-state index contributed by atoms with van der Waals surface area (Å²) < 4.78 is 38.0. The number of halogens is 3. The molecule has 0 bridgehead atoms. The topological polar surface area (TPSA) is 17.1 Å². The Morgan fingerprint density at radius 2 is 1.86 bits per heavy atom. The highest BCUT2D eigenvalue weighted by Gasteiger charge is 2.10.